The van der Waals surface area contributed by atoms with Crippen LogP contribution >= 0.6 is 0 Å². The number of amides is 1. The molecule has 0 fully saturated rings. The molecule has 0 aliphatic carbocycles. The summed E-state index contributed by atoms with van der Waals surface area (Å²) in [5.74, 6) is -2.69. The minimum absolute atomic E-state index is 0.246. The molecule has 1 atom stereocenters. The molecule has 2 rings (SSSR count). The quantitative estimate of drug-likeness (QED) is 0.883. The van der Waals surface area contributed by atoms with Crippen molar-refractivity contribution in [3.8, 4) is 0 Å². The van der Waals surface area contributed by atoms with Gasteiger partial charge in [0, 0.05) is 5.69 Å². The highest BCUT2D eigenvalue weighted by Crippen LogP contribution is 2.12. The molecule has 0 aliphatic heterocycles. The Bertz CT molecular complexity index is 686. The van der Waals surface area contributed by atoms with E-state index in [4.69, 9.17) is 4.74 Å². The van der Waals surface area contributed by atoms with Gasteiger partial charge in [0.2, 0.25) is 0 Å². The average molecular weight is 305 g/mol. The van der Waals surface area contributed by atoms with E-state index >= 15 is 0 Å². The first-order valence-corrected chi connectivity index (χ1v) is 6.49. The largest absolute Gasteiger partial charge is 0.449 e. The van der Waals surface area contributed by atoms with Crippen LogP contribution in [0.25, 0.3) is 0 Å². The fourth-order valence-electron chi connectivity index (χ4n) is 1.68. The Hall–Kier alpha value is -2.76. The number of nitrogens with one attached hydrogen (secondary N) is 1. The van der Waals surface area contributed by atoms with Crippen LogP contribution in [0, 0.1) is 11.6 Å². The molecular weight excluding hydrogens is 292 g/mol. The first-order chi connectivity index (χ1) is 10.5. The number of carbonyl (C=O) groups is 2. The number of esters is 1. The van der Waals surface area contributed by atoms with Gasteiger partial charge in [0.15, 0.2) is 6.10 Å². The van der Waals surface area contributed by atoms with Gasteiger partial charge < -0.3 is 10.1 Å². The first-order valence-electron chi connectivity index (χ1n) is 6.49. The predicted molar refractivity (Wildman–Crippen MR) is 76.3 cm³/mol. The predicted octanol–water partition coefficient (Wildman–Crippen LogP) is 3.15. The molecule has 1 N–H and O–H groups in total. The van der Waals surface area contributed by atoms with Crippen molar-refractivity contribution in [1.29, 1.82) is 0 Å². The summed E-state index contributed by atoms with van der Waals surface area (Å²) in [6, 6.07) is 10.4. The molecule has 6 heteroatoms. The maximum atomic E-state index is 13.4. The lowest BCUT2D eigenvalue weighted by atomic mass is 10.2. The summed E-state index contributed by atoms with van der Waals surface area (Å²) in [6.45, 7) is 1.36. The van der Waals surface area contributed by atoms with Gasteiger partial charge in [0.05, 0.1) is 5.56 Å². The highest BCUT2D eigenvalue weighted by molar-refractivity contribution is 5.97. The van der Waals surface area contributed by atoms with Crippen LogP contribution < -0.4 is 5.32 Å². The van der Waals surface area contributed by atoms with E-state index in [-0.39, 0.29) is 5.56 Å². The molecule has 0 bridgehead atoms. The van der Waals surface area contributed by atoms with Gasteiger partial charge in [-0.25, -0.2) is 13.6 Å². The number of ether oxygens (including phenoxy) is 1. The second-order valence-electron chi connectivity index (χ2n) is 4.52. The lowest BCUT2D eigenvalue weighted by molar-refractivity contribution is -0.123. The highest BCUT2D eigenvalue weighted by atomic mass is 19.1. The molecule has 0 heterocycles. The SMILES string of the molecule is C[C@@H](OC(=O)c1ccccc1F)C(=O)Nc1ccc(F)cc1. The maximum absolute atomic E-state index is 13.4. The maximum Gasteiger partial charge on any atom is 0.341 e. The lowest BCUT2D eigenvalue weighted by Crippen LogP contribution is -2.30. The Morgan fingerprint density at radius 3 is 2.32 bits per heavy atom. The summed E-state index contributed by atoms with van der Waals surface area (Å²) in [4.78, 5) is 23.7. The first kappa shape index (κ1) is 15.6. The average Bonchev–Trinajstić information content (AvgIpc) is 2.49. The van der Waals surface area contributed by atoms with Crippen LogP contribution in [0.15, 0.2) is 48.5 Å². The Balaban J connectivity index is 1.98. The zero-order valence-corrected chi connectivity index (χ0v) is 11.7. The molecule has 4 nitrogen and oxygen atoms in total. The Labute approximate surface area is 125 Å². The molecule has 0 saturated carbocycles. The summed E-state index contributed by atoms with van der Waals surface area (Å²) in [7, 11) is 0. The summed E-state index contributed by atoms with van der Waals surface area (Å²) in [6.07, 6.45) is -1.13. The summed E-state index contributed by atoms with van der Waals surface area (Å²) in [5, 5.41) is 2.46. The van der Waals surface area contributed by atoms with Gasteiger partial charge in [-0.05, 0) is 43.3 Å². The third-order valence-corrected chi connectivity index (χ3v) is 2.86. The van der Waals surface area contributed by atoms with Gasteiger partial charge in [0.1, 0.15) is 11.6 Å². The van der Waals surface area contributed by atoms with Gasteiger partial charge in [-0.1, -0.05) is 12.1 Å². The van der Waals surface area contributed by atoms with E-state index in [2.05, 4.69) is 5.32 Å². The van der Waals surface area contributed by atoms with Crippen LogP contribution in [0.5, 0.6) is 0 Å². The molecule has 2 aromatic rings. The Kier molecular flexibility index (Phi) is 4.83. The van der Waals surface area contributed by atoms with Crippen molar-refractivity contribution < 1.29 is 23.1 Å². The monoisotopic (exact) mass is 305 g/mol. The van der Waals surface area contributed by atoms with Gasteiger partial charge in [-0.3, -0.25) is 4.79 Å². The number of hydrogen-bond donors (Lipinski definition) is 1. The van der Waals surface area contributed by atoms with E-state index in [1.807, 2.05) is 0 Å². The van der Waals surface area contributed by atoms with Crippen molar-refractivity contribution >= 4 is 17.6 Å². The molecule has 0 aliphatic rings. The number of rotatable bonds is 4. The van der Waals surface area contributed by atoms with E-state index in [9.17, 15) is 18.4 Å². The van der Waals surface area contributed by atoms with Crippen molar-refractivity contribution in [3.05, 3.63) is 65.7 Å². The van der Waals surface area contributed by atoms with E-state index in [0.717, 1.165) is 6.07 Å². The third kappa shape index (κ3) is 3.88. The Morgan fingerprint density at radius 1 is 1.05 bits per heavy atom. The second kappa shape index (κ2) is 6.80. The zero-order chi connectivity index (χ0) is 16.1. The van der Waals surface area contributed by atoms with Crippen LogP contribution in [0.4, 0.5) is 14.5 Å². The van der Waals surface area contributed by atoms with Gasteiger partial charge in [-0.2, -0.15) is 0 Å². The molecule has 1 amide bonds. The smallest absolute Gasteiger partial charge is 0.341 e. The standard InChI is InChI=1S/C16H13F2NO3/c1-10(15(20)19-12-8-6-11(17)7-9-12)22-16(21)13-4-2-3-5-14(13)18/h2-10H,1H3,(H,19,20)/t10-/m1/s1. The topological polar surface area (TPSA) is 55.4 Å². The van der Waals surface area contributed by atoms with Crippen LogP contribution in [-0.2, 0) is 9.53 Å². The van der Waals surface area contributed by atoms with Crippen molar-refractivity contribution in [2.45, 2.75) is 13.0 Å². The van der Waals surface area contributed by atoms with Crippen LogP contribution in [0.1, 0.15) is 17.3 Å². The third-order valence-electron chi connectivity index (χ3n) is 2.86. The summed E-state index contributed by atoms with van der Waals surface area (Å²) >= 11 is 0. The van der Waals surface area contributed by atoms with Gasteiger partial charge >= 0.3 is 5.97 Å². The molecule has 0 spiro atoms. The number of halogens is 2. The molecule has 0 unspecified atom stereocenters. The summed E-state index contributed by atoms with van der Waals surface area (Å²) < 4.78 is 31.1. The number of benzene rings is 2. The molecule has 0 aromatic heterocycles. The minimum atomic E-state index is -1.13. The molecule has 2 aromatic carbocycles. The molecule has 0 radical (unpaired) electrons. The van der Waals surface area contributed by atoms with Crippen molar-refractivity contribution in [2.75, 3.05) is 5.32 Å². The minimum Gasteiger partial charge on any atom is -0.449 e. The van der Waals surface area contributed by atoms with Crippen LogP contribution in [0.2, 0.25) is 0 Å². The highest BCUT2D eigenvalue weighted by Gasteiger charge is 2.20. The molecule has 0 saturated heterocycles. The Morgan fingerprint density at radius 2 is 1.68 bits per heavy atom. The number of anilines is 1. The van der Waals surface area contributed by atoms with Gasteiger partial charge in [0.25, 0.3) is 5.91 Å². The fourth-order valence-corrected chi connectivity index (χ4v) is 1.68. The van der Waals surface area contributed by atoms with Crippen molar-refractivity contribution in [1.82, 2.24) is 0 Å². The second-order valence-corrected chi connectivity index (χ2v) is 4.52. The summed E-state index contributed by atoms with van der Waals surface area (Å²) in [5.41, 5.74) is 0.115. The van der Waals surface area contributed by atoms with E-state index in [1.54, 1.807) is 0 Å². The number of hydrogen-bond acceptors (Lipinski definition) is 3. The van der Waals surface area contributed by atoms with E-state index < -0.39 is 29.6 Å². The lowest BCUT2D eigenvalue weighted by Gasteiger charge is -2.13. The zero-order valence-electron chi connectivity index (χ0n) is 11.7. The molecule has 22 heavy (non-hydrogen) atoms. The van der Waals surface area contributed by atoms with Gasteiger partial charge in [-0.15, -0.1) is 0 Å². The van der Waals surface area contributed by atoms with E-state index in [1.165, 1.54) is 49.4 Å². The van der Waals surface area contributed by atoms with Crippen LogP contribution in [-0.4, -0.2) is 18.0 Å². The normalized spacial score (nSPS) is 11.6. The van der Waals surface area contributed by atoms with E-state index in [0.29, 0.717) is 5.69 Å². The van der Waals surface area contributed by atoms with Crippen molar-refractivity contribution in [3.63, 3.8) is 0 Å². The molecule has 114 valence electrons. The van der Waals surface area contributed by atoms with Crippen LogP contribution in [0.3, 0.4) is 0 Å². The van der Waals surface area contributed by atoms with Crippen molar-refractivity contribution in [2.24, 2.45) is 0 Å². The fraction of sp³-hybridized carbons (Fsp3) is 0.125. The molecular formula is C16H13F2NO3. The number of carbonyl (C=O) groups excluding carboxylic acids is 2.